The first kappa shape index (κ1) is 21.5. The Bertz CT molecular complexity index is 860. The van der Waals surface area contributed by atoms with E-state index >= 15 is 0 Å². The van der Waals surface area contributed by atoms with E-state index < -0.39 is 36.2 Å². The van der Waals surface area contributed by atoms with E-state index in [-0.39, 0.29) is 28.9 Å². The number of hydrogen-bond acceptors (Lipinski definition) is 2. The van der Waals surface area contributed by atoms with Gasteiger partial charge >= 0.3 is 12.4 Å². The summed E-state index contributed by atoms with van der Waals surface area (Å²) in [6.45, 7) is -0.600. The first-order valence-corrected chi connectivity index (χ1v) is 7.92. The normalized spacial score (nSPS) is 12.0. The molecule has 0 aliphatic rings. The van der Waals surface area contributed by atoms with Crippen LogP contribution in [0.1, 0.15) is 27.0 Å². The lowest BCUT2D eigenvalue weighted by Crippen LogP contribution is -2.33. The first-order chi connectivity index (χ1) is 12.9. The van der Waals surface area contributed by atoms with Crippen LogP contribution >= 0.6 is 0 Å². The molecule has 0 bridgehead atoms. The van der Waals surface area contributed by atoms with Crippen molar-refractivity contribution in [3.63, 3.8) is 0 Å². The zero-order valence-electron chi connectivity index (χ0n) is 14.4. The number of carbonyl (C=O) groups is 1. The summed E-state index contributed by atoms with van der Waals surface area (Å²) >= 11 is 0. The van der Waals surface area contributed by atoms with E-state index in [2.05, 4.69) is 5.32 Å². The Hall–Kier alpha value is -2.78. The zero-order chi connectivity index (χ0) is 21.1. The Labute approximate surface area is 155 Å². The number of rotatable bonds is 5. The Morgan fingerprint density at radius 1 is 1.04 bits per heavy atom. The van der Waals surface area contributed by atoms with Crippen LogP contribution < -0.4 is 10.6 Å². The van der Waals surface area contributed by atoms with Gasteiger partial charge in [0.15, 0.2) is 0 Å². The van der Waals surface area contributed by atoms with Gasteiger partial charge in [0.05, 0.1) is 5.56 Å². The van der Waals surface area contributed by atoms with Gasteiger partial charge in [-0.25, -0.2) is 4.39 Å². The Morgan fingerprint density at radius 3 is 2.29 bits per heavy atom. The molecule has 1 amide bonds. The summed E-state index contributed by atoms with van der Waals surface area (Å²) in [6.07, 6.45) is -9.22. The molecule has 0 atom stereocenters. The SMILES string of the molecule is Cc1c(F)cc(C(=O)NCC(F)(F)F)cc1NCc1ccccc1C(F)(F)F. The molecule has 2 aromatic carbocycles. The number of halogens is 7. The molecule has 10 heteroatoms. The standard InChI is InChI=1S/C18H15F7N2O/c1-10-14(19)6-12(16(28)27-9-17(20,21)22)7-15(10)26-8-11-4-2-3-5-13(11)18(23,24)25/h2-7,26H,8-9H2,1H3,(H,27,28). The molecule has 2 N–H and O–H groups in total. The summed E-state index contributed by atoms with van der Waals surface area (Å²) in [5.41, 5.74) is -1.37. The van der Waals surface area contributed by atoms with Crippen molar-refractivity contribution >= 4 is 11.6 Å². The molecule has 0 spiro atoms. The Balaban J connectivity index is 2.23. The van der Waals surface area contributed by atoms with Crippen molar-refractivity contribution in [3.8, 4) is 0 Å². The summed E-state index contributed by atoms with van der Waals surface area (Å²) < 4.78 is 89.8. The summed E-state index contributed by atoms with van der Waals surface area (Å²) in [5, 5.41) is 4.22. The number of benzene rings is 2. The fourth-order valence-corrected chi connectivity index (χ4v) is 2.42. The average molecular weight is 408 g/mol. The van der Waals surface area contributed by atoms with Crippen molar-refractivity contribution in [3.05, 3.63) is 64.5 Å². The van der Waals surface area contributed by atoms with Crippen LogP contribution in [0.4, 0.5) is 36.4 Å². The van der Waals surface area contributed by atoms with Gasteiger partial charge in [0.1, 0.15) is 12.4 Å². The largest absolute Gasteiger partial charge is 0.416 e. The lowest BCUT2D eigenvalue weighted by atomic mass is 10.1. The highest BCUT2D eigenvalue weighted by Gasteiger charge is 2.32. The summed E-state index contributed by atoms with van der Waals surface area (Å²) in [7, 11) is 0. The third-order valence-corrected chi connectivity index (χ3v) is 3.85. The second-order valence-corrected chi connectivity index (χ2v) is 5.94. The average Bonchev–Trinajstić information content (AvgIpc) is 2.59. The molecular weight excluding hydrogens is 393 g/mol. The second-order valence-electron chi connectivity index (χ2n) is 5.94. The van der Waals surface area contributed by atoms with Gasteiger partial charge in [0.25, 0.3) is 5.91 Å². The fourth-order valence-electron chi connectivity index (χ4n) is 2.42. The van der Waals surface area contributed by atoms with E-state index in [1.165, 1.54) is 25.1 Å². The van der Waals surface area contributed by atoms with Gasteiger partial charge in [-0.2, -0.15) is 26.3 Å². The highest BCUT2D eigenvalue weighted by molar-refractivity contribution is 5.95. The van der Waals surface area contributed by atoms with Crippen LogP contribution in [0.15, 0.2) is 36.4 Å². The molecule has 0 radical (unpaired) electrons. The summed E-state index contributed by atoms with van der Waals surface area (Å²) in [5.74, 6) is -2.04. The molecule has 2 rings (SSSR count). The summed E-state index contributed by atoms with van der Waals surface area (Å²) in [6, 6.07) is 6.60. The van der Waals surface area contributed by atoms with E-state index in [0.717, 1.165) is 18.2 Å². The van der Waals surface area contributed by atoms with Crippen LogP contribution in [0.3, 0.4) is 0 Å². The number of hydrogen-bond donors (Lipinski definition) is 2. The van der Waals surface area contributed by atoms with Gasteiger partial charge in [0.2, 0.25) is 0 Å². The predicted molar refractivity (Wildman–Crippen MR) is 88.3 cm³/mol. The molecule has 2 aromatic rings. The summed E-state index contributed by atoms with van der Waals surface area (Å²) in [4.78, 5) is 11.8. The highest BCUT2D eigenvalue weighted by Crippen LogP contribution is 2.32. The monoisotopic (exact) mass is 408 g/mol. The van der Waals surface area contributed by atoms with Gasteiger partial charge in [-0.3, -0.25) is 4.79 Å². The molecule has 0 unspecified atom stereocenters. The molecule has 0 aromatic heterocycles. The fraction of sp³-hybridized carbons (Fsp3) is 0.278. The maximum absolute atomic E-state index is 14.0. The number of amides is 1. The lowest BCUT2D eigenvalue weighted by molar-refractivity contribution is -0.138. The van der Waals surface area contributed by atoms with Gasteiger partial charge in [0, 0.05) is 23.4 Å². The molecule has 3 nitrogen and oxygen atoms in total. The maximum Gasteiger partial charge on any atom is 0.416 e. The van der Waals surface area contributed by atoms with E-state index in [1.54, 1.807) is 5.32 Å². The van der Waals surface area contributed by atoms with E-state index in [9.17, 15) is 35.5 Å². The molecule has 0 saturated heterocycles. The maximum atomic E-state index is 14.0. The van der Waals surface area contributed by atoms with Crippen LogP contribution in [-0.2, 0) is 12.7 Å². The second kappa shape index (κ2) is 8.07. The van der Waals surface area contributed by atoms with Gasteiger partial charge < -0.3 is 10.6 Å². The minimum Gasteiger partial charge on any atom is -0.381 e. The molecule has 0 aliphatic heterocycles. The smallest absolute Gasteiger partial charge is 0.381 e. The van der Waals surface area contributed by atoms with Crippen molar-refractivity contribution in [2.45, 2.75) is 25.8 Å². The molecular formula is C18H15F7N2O. The topological polar surface area (TPSA) is 41.1 Å². The highest BCUT2D eigenvalue weighted by atomic mass is 19.4. The van der Waals surface area contributed by atoms with Gasteiger partial charge in [-0.15, -0.1) is 0 Å². The number of nitrogens with one attached hydrogen (secondary N) is 2. The van der Waals surface area contributed by atoms with Crippen LogP contribution in [0.2, 0.25) is 0 Å². The minimum absolute atomic E-state index is 0.00543. The van der Waals surface area contributed by atoms with Gasteiger partial charge in [-0.1, -0.05) is 18.2 Å². The van der Waals surface area contributed by atoms with Crippen molar-refractivity contribution < 1.29 is 35.5 Å². The van der Waals surface area contributed by atoms with E-state index in [4.69, 9.17) is 0 Å². The van der Waals surface area contributed by atoms with E-state index in [0.29, 0.717) is 0 Å². The van der Waals surface area contributed by atoms with Crippen molar-refractivity contribution in [2.75, 3.05) is 11.9 Å². The molecule has 152 valence electrons. The van der Waals surface area contributed by atoms with Crippen LogP contribution in [-0.4, -0.2) is 18.6 Å². The zero-order valence-corrected chi connectivity index (χ0v) is 14.4. The molecule has 28 heavy (non-hydrogen) atoms. The first-order valence-electron chi connectivity index (χ1n) is 7.92. The molecule has 0 heterocycles. The lowest BCUT2D eigenvalue weighted by Gasteiger charge is -2.16. The predicted octanol–water partition coefficient (Wildman–Crippen LogP) is 5.06. The number of carbonyl (C=O) groups excluding carboxylic acids is 1. The Morgan fingerprint density at radius 2 is 1.68 bits per heavy atom. The third kappa shape index (κ3) is 5.61. The van der Waals surface area contributed by atoms with Gasteiger partial charge in [-0.05, 0) is 30.7 Å². The van der Waals surface area contributed by atoms with Crippen molar-refractivity contribution in [1.29, 1.82) is 0 Å². The van der Waals surface area contributed by atoms with Crippen molar-refractivity contribution in [2.24, 2.45) is 0 Å². The third-order valence-electron chi connectivity index (χ3n) is 3.85. The molecule has 0 saturated carbocycles. The molecule has 0 fully saturated rings. The quantitative estimate of drug-likeness (QED) is 0.680. The number of anilines is 1. The minimum atomic E-state index is -4.64. The van der Waals surface area contributed by atoms with Crippen LogP contribution in [0.25, 0.3) is 0 Å². The van der Waals surface area contributed by atoms with E-state index in [1.807, 2.05) is 0 Å². The van der Waals surface area contributed by atoms with Crippen LogP contribution in [0, 0.1) is 12.7 Å². The Kier molecular flexibility index (Phi) is 6.20. The number of alkyl halides is 6. The van der Waals surface area contributed by atoms with Crippen LogP contribution in [0.5, 0.6) is 0 Å². The van der Waals surface area contributed by atoms with Crippen molar-refractivity contribution in [1.82, 2.24) is 5.32 Å². The molecule has 0 aliphatic carbocycles.